The molecule has 12 heteroatoms. The Hall–Kier alpha value is -3.26. The van der Waals surface area contributed by atoms with Gasteiger partial charge in [0.25, 0.3) is 0 Å². The molecule has 0 aliphatic carbocycles. The summed E-state index contributed by atoms with van der Waals surface area (Å²) in [4.78, 5) is 10.6. The van der Waals surface area contributed by atoms with Crippen LogP contribution in [0.5, 0.6) is 11.8 Å². The number of alkyl halides is 3. The Balaban J connectivity index is 1.43. The Labute approximate surface area is 212 Å². The van der Waals surface area contributed by atoms with Crippen LogP contribution in [0.15, 0.2) is 35.7 Å². The molecule has 1 fully saturated rings. The lowest BCUT2D eigenvalue weighted by Crippen LogP contribution is -2.44. The molecule has 4 atom stereocenters. The highest BCUT2D eigenvalue weighted by atomic mass is 35.5. The molecule has 36 heavy (non-hydrogen) atoms. The summed E-state index contributed by atoms with van der Waals surface area (Å²) >= 11 is 6.35. The van der Waals surface area contributed by atoms with Crippen LogP contribution < -0.4 is 19.4 Å². The fraction of sp³-hybridized carbons (Fsp3) is 0.500. The van der Waals surface area contributed by atoms with E-state index in [9.17, 15) is 13.2 Å². The van der Waals surface area contributed by atoms with Crippen molar-refractivity contribution in [3.63, 3.8) is 0 Å². The monoisotopic (exact) mass is 522 g/mol. The molecule has 2 aromatic rings. The van der Waals surface area contributed by atoms with Gasteiger partial charge >= 0.3 is 6.18 Å². The first-order valence-corrected chi connectivity index (χ1v) is 11.9. The van der Waals surface area contributed by atoms with E-state index >= 15 is 0 Å². The number of rotatable bonds is 6. The Bertz CT molecular complexity index is 1150. The van der Waals surface area contributed by atoms with Gasteiger partial charge in [0.05, 0.1) is 54.4 Å². The number of aromatic nitrogens is 2. The van der Waals surface area contributed by atoms with E-state index in [1.807, 2.05) is 12.1 Å². The van der Waals surface area contributed by atoms with Gasteiger partial charge in [-0.1, -0.05) is 25.4 Å². The van der Waals surface area contributed by atoms with Crippen LogP contribution in [0.25, 0.3) is 0 Å². The first-order valence-electron chi connectivity index (χ1n) is 11.5. The number of halogens is 4. The Morgan fingerprint density at radius 2 is 1.94 bits per heavy atom. The average molecular weight is 523 g/mol. The summed E-state index contributed by atoms with van der Waals surface area (Å²) in [7, 11) is 1.55. The van der Waals surface area contributed by atoms with E-state index in [1.165, 1.54) is 18.1 Å². The lowest BCUT2D eigenvalue weighted by atomic mass is 9.95. The molecule has 0 spiro atoms. The van der Waals surface area contributed by atoms with Gasteiger partial charge in [-0.25, -0.2) is 9.97 Å². The van der Waals surface area contributed by atoms with E-state index in [2.05, 4.69) is 26.9 Å². The highest BCUT2D eigenvalue weighted by Crippen LogP contribution is 2.37. The quantitative estimate of drug-likeness (QED) is 0.522. The molecule has 0 radical (unpaired) electrons. The van der Waals surface area contributed by atoms with Crippen molar-refractivity contribution in [2.24, 2.45) is 16.9 Å². The lowest BCUT2D eigenvalue weighted by Gasteiger charge is -2.38. The second kappa shape index (κ2) is 10.4. The maximum Gasteiger partial charge on any atom is 0.431 e. The number of hydrogen-bond donors (Lipinski definition) is 0. The zero-order valence-corrected chi connectivity index (χ0v) is 20.8. The molecule has 8 nitrogen and oxygen atoms in total. The van der Waals surface area contributed by atoms with Crippen molar-refractivity contribution in [2.75, 3.05) is 30.1 Å². The van der Waals surface area contributed by atoms with Crippen LogP contribution in [-0.4, -0.2) is 54.2 Å². The fourth-order valence-corrected chi connectivity index (χ4v) is 4.83. The van der Waals surface area contributed by atoms with Crippen molar-refractivity contribution in [1.29, 1.82) is 5.26 Å². The number of pyridine rings is 2. The normalized spacial score (nSPS) is 24.3. The average Bonchev–Trinajstić information content (AvgIpc) is 3.18. The van der Waals surface area contributed by atoms with Gasteiger partial charge < -0.3 is 14.4 Å². The molecular weight excluding hydrogens is 497 g/mol. The minimum Gasteiger partial charge on any atom is -0.481 e. The minimum absolute atomic E-state index is 0.0913. The molecule has 2 aliphatic rings. The highest BCUT2D eigenvalue weighted by molar-refractivity contribution is 6.33. The van der Waals surface area contributed by atoms with Crippen LogP contribution in [0.2, 0.25) is 5.02 Å². The second-order valence-corrected chi connectivity index (χ2v) is 9.35. The Kier molecular flexibility index (Phi) is 7.45. The van der Waals surface area contributed by atoms with Crippen LogP contribution in [0, 0.1) is 23.2 Å². The number of anilines is 2. The number of hydrazone groups is 1. The largest absolute Gasteiger partial charge is 0.481 e. The standard InChI is InChI=1S/C24H26ClF3N6O2/c1-14-13-33(19-10-22(35-3)31-12-17(19)25)9-7-20(14)36-21-5-4-16(11-30-21)34-18(6-8-29)15(2)23(32-34)24(26,27)28/h4-5,10-12,14-15,18,20H,6-7,9,13H2,1-3H3/t14?,15-,18-,20?/m0/s1. The van der Waals surface area contributed by atoms with Gasteiger partial charge in [0.1, 0.15) is 11.8 Å². The third-order valence-electron chi connectivity index (χ3n) is 6.57. The molecule has 192 valence electrons. The van der Waals surface area contributed by atoms with Crippen molar-refractivity contribution in [3.8, 4) is 17.8 Å². The van der Waals surface area contributed by atoms with Crippen molar-refractivity contribution in [2.45, 2.75) is 45.0 Å². The number of ether oxygens (including phenoxy) is 2. The van der Waals surface area contributed by atoms with E-state index < -0.39 is 23.8 Å². The van der Waals surface area contributed by atoms with Gasteiger partial charge in [0, 0.05) is 43.5 Å². The molecule has 2 unspecified atom stereocenters. The van der Waals surface area contributed by atoms with Crippen LogP contribution >= 0.6 is 11.6 Å². The predicted octanol–water partition coefficient (Wildman–Crippen LogP) is 5.09. The second-order valence-electron chi connectivity index (χ2n) is 8.95. The number of piperidine rings is 1. The van der Waals surface area contributed by atoms with Gasteiger partial charge in [-0.05, 0) is 6.07 Å². The zero-order chi connectivity index (χ0) is 26.0. The van der Waals surface area contributed by atoms with Crippen LogP contribution in [0.4, 0.5) is 24.5 Å². The van der Waals surface area contributed by atoms with Gasteiger partial charge in [-0.3, -0.25) is 5.01 Å². The third kappa shape index (κ3) is 5.28. The fourth-order valence-electron chi connectivity index (χ4n) is 4.61. The van der Waals surface area contributed by atoms with E-state index in [1.54, 1.807) is 25.4 Å². The molecule has 0 bridgehead atoms. The summed E-state index contributed by atoms with van der Waals surface area (Å²) < 4.78 is 51.5. The van der Waals surface area contributed by atoms with Gasteiger partial charge in [0.2, 0.25) is 11.8 Å². The molecule has 4 rings (SSSR count). The van der Waals surface area contributed by atoms with Gasteiger partial charge in [-0.2, -0.15) is 23.5 Å². The molecule has 2 aromatic heterocycles. The van der Waals surface area contributed by atoms with E-state index in [0.717, 1.165) is 12.1 Å². The highest BCUT2D eigenvalue weighted by Gasteiger charge is 2.48. The zero-order valence-electron chi connectivity index (χ0n) is 20.0. The molecule has 0 N–H and O–H groups in total. The number of hydrogen-bond acceptors (Lipinski definition) is 8. The summed E-state index contributed by atoms with van der Waals surface area (Å²) in [5, 5.41) is 14.7. The number of nitriles is 1. The summed E-state index contributed by atoms with van der Waals surface area (Å²) in [6.45, 7) is 4.91. The SMILES string of the molecule is COc1cc(N2CCC(Oc3ccc(N4N=C(C(F)(F)F)[C@@H](C)[C@@H]4CC#N)cn3)C(C)C2)c(Cl)cn1. The van der Waals surface area contributed by atoms with E-state index in [4.69, 9.17) is 26.3 Å². The van der Waals surface area contributed by atoms with Crippen molar-refractivity contribution < 1.29 is 22.6 Å². The van der Waals surface area contributed by atoms with Gasteiger partial charge in [-0.15, -0.1) is 0 Å². The molecule has 2 aliphatic heterocycles. The van der Waals surface area contributed by atoms with Crippen molar-refractivity contribution >= 4 is 28.7 Å². The van der Waals surface area contributed by atoms with Gasteiger partial charge in [0.15, 0.2) is 0 Å². The molecule has 0 saturated carbocycles. The molecule has 4 heterocycles. The molecular formula is C24H26ClF3N6O2. The first-order chi connectivity index (χ1) is 17.1. The predicted molar refractivity (Wildman–Crippen MR) is 130 cm³/mol. The summed E-state index contributed by atoms with van der Waals surface area (Å²) in [6, 6.07) is 6.28. The van der Waals surface area contributed by atoms with E-state index in [-0.39, 0.29) is 18.4 Å². The summed E-state index contributed by atoms with van der Waals surface area (Å²) in [5.74, 6) is 0.0758. The number of nitrogens with zero attached hydrogens (tertiary/aromatic N) is 6. The van der Waals surface area contributed by atoms with Crippen LogP contribution in [0.3, 0.4) is 0 Å². The van der Waals surface area contributed by atoms with E-state index in [0.29, 0.717) is 35.6 Å². The topological polar surface area (TPSA) is 86.9 Å². The maximum absolute atomic E-state index is 13.4. The smallest absolute Gasteiger partial charge is 0.431 e. The molecule has 0 amide bonds. The first kappa shape index (κ1) is 25.8. The van der Waals surface area contributed by atoms with Crippen molar-refractivity contribution in [1.82, 2.24) is 9.97 Å². The van der Waals surface area contributed by atoms with Crippen LogP contribution in [-0.2, 0) is 0 Å². The Morgan fingerprint density at radius 3 is 2.56 bits per heavy atom. The van der Waals surface area contributed by atoms with Crippen LogP contribution in [0.1, 0.15) is 26.7 Å². The lowest BCUT2D eigenvalue weighted by molar-refractivity contribution is -0.0620. The van der Waals surface area contributed by atoms with Crippen molar-refractivity contribution in [3.05, 3.63) is 35.6 Å². The summed E-state index contributed by atoms with van der Waals surface area (Å²) in [5.41, 5.74) is 0.329. The molecule has 0 aromatic carbocycles. The third-order valence-corrected chi connectivity index (χ3v) is 6.86. The summed E-state index contributed by atoms with van der Waals surface area (Å²) in [6.07, 6.45) is -1.04. The maximum atomic E-state index is 13.4. The molecule has 1 saturated heterocycles. The Morgan fingerprint density at radius 1 is 1.19 bits per heavy atom. The minimum atomic E-state index is -4.56. The number of methoxy groups -OCH3 is 1.